The minimum atomic E-state index is -0.0475. The van der Waals surface area contributed by atoms with E-state index in [9.17, 15) is 0 Å². The Morgan fingerprint density at radius 3 is 1.76 bits per heavy atom. The van der Waals surface area contributed by atoms with E-state index in [-0.39, 0.29) is 10.8 Å². The van der Waals surface area contributed by atoms with Gasteiger partial charge in [-0.3, -0.25) is 0 Å². The van der Waals surface area contributed by atoms with E-state index in [1.165, 1.54) is 104 Å². The van der Waals surface area contributed by atoms with E-state index in [1.807, 2.05) is 0 Å². The molecular formula is C51H40. The van der Waals surface area contributed by atoms with Crippen LogP contribution in [0.25, 0.3) is 87.2 Å². The molecule has 1 aliphatic rings. The third kappa shape index (κ3) is 4.39. The van der Waals surface area contributed by atoms with Gasteiger partial charge in [0, 0.05) is 5.41 Å². The first-order chi connectivity index (χ1) is 24.7. The van der Waals surface area contributed by atoms with Crippen LogP contribution in [-0.2, 0) is 10.8 Å². The predicted octanol–water partition coefficient (Wildman–Crippen LogP) is 14.4. The number of hydrogen-bond acceptors (Lipinski definition) is 0. The quantitative estimate of drug-likeness (QED) is 0.132. The van der Waals surface area contributed by atoms with E-state index in [2.05, 4.69) is 186 Å². The standard InChI is InChI=1S/C51H40/c1-50(2,3)49-42-17-9-8-16-40(42)48(39-18-10-13-33-12-6-7-15-38(33)39)41-27-26-35(29-43(41)49)31-20-22-32(23-21-31)37-28-36-25-24-34-14-11-19-44-46(34)47(36)45(30-37)51(44,4)5/h6-30H,1-5H3. The van der Waals surface area contributed by atoms with E-state index >= 15 is 0 Å². The van der Waals surface area contributed by atoms with Crippen LogP contribution in [0.3, 0.4) is 0 Å². The van der Waals surface area contributed by atoms with Gasteiger partial charge < -0.3 is 0 Å². The van der Waals surface area contributed by atoms with Crippen molar-refractivity contribution in [3.05, 3.63) is 168 Å². The second-order valence-electron chi connectivity index (χ2n) is 16.1. The van der Waals surface area contributed by atoms with Crippen molar-refractivity contribution < 1.29 is 0 Å². The largest absolute Gasteiger partial charge is 0.0616 e. The molecule has 0 radical (unpaired) electrons. The monoisotopic (exact) mass is 652 g/mol. The molecule has 9 aromatic rings. The molecule has 0 bridgehead atoms. The average Bonchev–Trinajstić information content (AvgIpc) is 3.38. The number of fused-ring (bicyclic) bond motifs is 3. The lowest BCUT2D eigenvalue weighted by atomic mass is 9.77. The summed E-state index contributed by atoms with van der Waals surface area (Å²) in [7, 11) is 0. The number of hydrogen-bond donors (Lipinski definition) is 0. The van der Waals surface area contributed by atoms with E-state index in [0.717, 1.165) is 0 Å². The van der Waals surface area contributed by atoms with Gasteiger partial charge in [-0.05, 0) is 128 Å². The molecule has 0 heteroatoms. The van der Waals surface area contributed by atoms with Crippen LogP contribution < -0.4 is 0 Å². The Morgan fingerprint density at radius 2 is 0.980 bits per heavy atom. The first kappa shape index (κ1) is 30.1. The molecule has 0 saturated heterocycles. The Morgan fingerprint density at radius 1 is 0.392 bits per heavy atom. The summed E-state index contributed by atoms with van der Waals surface area (Å²) in [5.74, 6) is 0. The van der Waals surface area contributed by atoms with Gasteiger partial charge in [-0.15, -0.1) is 0 Å². The van der Waals surface area contributed by atoms with E-state index in [4.69, 9.17) is 0 Å². The zero-order valence-electron chi connectivity index (χ0n) is 29.9. The van der Waals surface area contributed by atoms with Gasteiger partial charge in [0.05, 0.1) is 0 Å². The van der Waals surface area contributed by atoms with Crippen molar-refractivity contribution in [1.29, 1.82) is 0 Å². The molecule has 0 heterocycles. The lowest BCUT2D eigenvalue weighted by Gasteiger charge is -2.27. The van der Waals surface area contributed by atoms with E-state index in [1.54, 1.807) is 0 Å². The van der Waals surface area contributed by atoms with Crippen molar-refractivity contribution >= 4 is 53.9 Å². The van der Waals surface area contributed by atoms with Gasteiger partial charge in [0.2, 0.25) is 0 Å². The molecule has 0 unspecified atom stereocenters. The van der Waals surface area contributed by atoms with Crippen LogP contribution in [0, 0.1) is 0 Å². The van der Waals surface area contributed by atoms with Crippen molar-refractivity contribution in [2.75, 3.05) is 0 Å². The van der Waals surface area contributed by atoms with Crippen molar-refractivity contribution in [2.45, 2.75) is 45.4 Å². The van der Waals surface area contributed by atoms with Crippen molar-refractivity contribution in [1.82, 2.24) is 0 Å². The fourth-order valence-corrected chi connectivity index (χ4v) is 9.32. The number of rotatable bonds is 3. The molecule has 0 atom stereocenters. The highest BCUT2D eigenvalue weighted by Gasteiger charge is 2.34. The maximum absolute atomic E-state index is 2.45. The van der Waals surface area contributed by atoms with Gasteiger partial charge in [-0.25, -0.2) is 0 Å². The summed E-state index contributed by atoms with van der Waals surface area (Å²) in [6, 6.07) is 57.1. The second-order valence-corrected chi connectivity index (χ2v) is 16.1. The molecule has 10 rings (SSSR count). The first-order valence-corrected chi connectivity index (χ1v) is 18.3. The Labute approximate surface area is 300 Å². The summed E-state index contributed by atoms with van der Waals surface area (Å²) in [6.45, 7) is 11.8. The van der Waals surface area contributed by atoms with Gasteiger partial charge in [0.25, 0.3) is 0 Å². The van der Waals surface area contributed by atoms with Gasteiger partial charge in [-0.1, -0.05) is 168 Å². The summed E-state index contributed by atoms with van der Waals surface area (Å²) >= 11 is 0. The van der Waals surface area contributed by atoms with Crippen LogP contribution in [0.5, 0.6) is 0 Å². The molecule has 0 aliphatic heterocycles. The molecular weight excluding hydrogens is 613 g/mol. The van der Waals surface area contributed by atoms with E-state index < -0.39 is 0 Å². The molecule has 244 valence electrons. The molecule has 0 N–H and O–H groups in total. The third-order valence-corrected chi connectivity index (χ3v) is 11.7. The summed E-state index contributed by atoms with van der Waals surface area (Å²) in [5, 5.41) is 13.4. The summed E-state index contributed by atoms with van der Waals surface area (Å²) in [5.41, 5.74) is 11.8. The lowest BCUT2D eigenvalue weighted by Crippen LogP contribution is -2.15. The highest BCUT2D eigenvalue weighted by Crippen LogP contribution is 2.50. The van der Waals surface area contributed by atoms with Crippen molar-refractivity contribution in [2.24, 2.45) is 0 Å². The molecule has 0 fully saturated rings. The summed E-state index contributed by atoms with van der Waals surface area (Å²) < 4.78 is 0. The van der Waals surface area contributed by atoms with Crippen LogP contribution in [0.1, 0.15) is 51.3 Å². The second kappa shape index (κ2) is 10.6. The first-order valence-electron chi connectivity index (χ1n) is 18.3. The highest BCUT2D eigenvalue weighted by molar-refractivity contribution is 6.19. The molecule has 9 aromatic carbocycles. The lowest BCUT2D eigenvalue weighted by molar-refractivity contribution is 0.601. The normalized spacial score (nSPS) is 13.7. The minimum absolute atomic E-state index is 0.0255. The average molecular weight is 653 g/mol. The Kier molecular flexibility index (Phi) is 6.29. The zero-order valence-corrected chi connectivity index (χ0v) is 29.9. The number of benzene rings is 9. The highest BCUT2D eigenvalue weighted by atomic mass is 14.4. The summed E-state index contributed by atoms with van der Waals surface area (Å²) in [6.07, 6.45) is 0. The van der Waals surface area contributed by atoms with Crippen molar-refractivity contribution in [3.8, 4) is 33.4 Å². The SMILES string of the molecule is CC(C)(C)c1c2ccccc2c(-c2cccc3ccccc23)c2ccc(-c3ccc(-c4cc5c6c(ccc7cccc(c76)C5(C)C)c4)cc3)cc12. The van der Waals surface area contributed by atoms with E-state index in [0.29, 0.717) is 0 Å². The van der Waals surface area contributed by atoms with Crippen LogP contribution >= 0.6 is 0 Å². The Hall–Kier alpha value is -5.72. The topological polar surface area (TPSA) is 0 Å². The molecule has 0 nitrogen and oxygen atoms in total. The molecule has 1 aliphatic carbocycles. The Bertz CT molecular complexity index is 2890. The maximum atomic E-state index is 2.45. The maximum Gasteiger partial charge on any atom is 0.0159 e. The fourth-order valence-electron chi connectivity index (χ4n) is 9.32. The minimum Gasteiger partial charge on any atom is -0.0616 e. The smallest absolute Gasteiger partial charge is 0.0159 e. The molecule has 0 aromatic heterocycles. The van der Waals surface area contributed by atoms with Gasteiger partial charge >= 0.3 is 0 Å². The molecule has 0 amide bonds. The molecule has 0 spiro atoms. The Balaban J connectivity index is 1.14. The van der Waals surface area contributed by atoms with Crippen LogP contribution in [0.4, 0.5) is 0 Å². The third-order valence-electron chi connectivity index (χ3n) is 11.7. The fraction of sp³-hybridized carbons (Fsp3) is 0.137. The van der Waals surface area contributed by atoms with Crippen molar-refractivity contribution in [3.63, 3.8) is 0 Å². The summed E-state index contributed by atoms with van der Waals surface area (Å²) in [4.78, 5) is 0. The van der Waals surface area contributed by atoms with Crippen LogP contribution in [0.2, 0.25) is 0 Å². The van der Waals surface area contributed by atoms with Gasteiger partial charge in [-0.2, -0.15) is 0 Å². The predicted molar refractivity (Wildman–Crippen MR) is 221 cm³/mol. The zero-order chi connectivity index (χ0) is 34.6. The van der Waals surface area contributed by atoms with Crippen LogP contribution in [-0.4, -0.2) is 0 Å². The van der Waals surface area contributed by atoms with Gasteiger partial charge in [0.1, 0.15) is 0 Å². The van der Waals surface area contributed by atoms with Crippen LogP contribution in [0.15, 0.2) is 152 Å². The molecule has 0 saturated carbocycles. The van der Waals surface area contributed by atoms with Gasteiger partial charge in [0.15, 0.2) is 0 Å². The molecule has 51 heavy (non-hydrogen) atoms.